The maximum atomic E-state index is 12.5. The second kappa shape index (κ2) is 6.39. The number of rotatable bonds is 3. The number of aromatic nitrogens is 2. The molecule has 1 N–H and O–H groups in total. The number of benzene rings is 2. The number of amides is 1. The van der Waals surface area contributed by atoms with Crippen molar-refractivity contribution in [2.24, 2.45) is 0 Å². The van der Waals surface area contributed by atoms with Gasteiger partial charge in [0.1, 0.15) is 0 Å². The molecule has 5 nitrogen and oxygen atoms in total. The molecule has 0 aliphatic carbocycles. The van der Waals surface area contributed by atoms with E-state index in [0.717, 1.165) is 16.9 Å². The third-order valence-electron chi connectivity index (χ3n) is 3.77. The zero-order chi connectivity index (χ0) is 17.1. The molecule has 1 aromatic heterocycles. The van der Waals surface area contributed by atoms with Gasteiger partial charge in [0.05, 0.1) is 34.8 Å². The summed E-state index contributed by atoms with van der Waals surface area (Å²) in [5.41, 5.74) is 4.53. The van der Waals surface area contributed by atoms with Crippen LogP contribution in [0.2, 0.25) is 0 Å². The van der Waals surface area contributed by atoms with Crippen LogP contribution in [0.15, 0.2) is 54.7 Å². The van der Waals surface area contributed by atoms with Crippen LogP contribution in [0.4, 0.5) is 5.69 Å². The molecule has 0 aliphatic rings. The Labute approximate surface area is 140 Å². The highest BCUT2D eigenvalue weighted by molar-refractivity contribution is 6.05. The van der Waals surface area contributed by atoms with Gasteiger partial charge in [0.2, 0.25) is 0 Å². The highest BCUT2D eigenvalue weighted by Crippen LogP contribution is 2.17. The van der Waals surface area contributed by atoms with Gasteiger partial charge in [0.25, 0.3) is 5.91 Å². The van der Waals surface area contributed by atoms with E-state index in [9.17, 15) is 4.79 Å². The van der Waals surface area contributed by atoms with E-state index in [0.29, 0.717) is 16.8 Å². The molecule has 3 rings (SSSR count). The number of hydrogen-bond acceptors (Lipinski definition) is 3. The SMILES string of the molecule is Cc1cccc(-n2ncc(C(=O)Nc3ccc(C#N)cc3)c2C)c1. The Kier molecular flexibility index (Phi) is 4.13. The Bertz CT molecular complexity index is 933. The van der Waals surface area contributed by atoms with Gasteiger partial charge in [0.15, 0.2) is 0 Å². The van der Waals surface area contributed by atoms with Crippen LogP contribution in [0.3, 0.4) is 0 Å². The van der Waals surface area contributed by atoms with Crippen LogP contribution in [0.5, 0.6) is 0 Å². The van der Waals surface area contributed by atoms with E-state index in [1.165, 1.54) is 0 Å². The van der Waals surface area contributed by atoms with Crippen LogP contribution in [0.25, 0.3) is 5.69 Å². The van der Waals surface area contributed by atoms with E-state index in [1.54, 1.807) is 35.1 Å². The Balaban J connectivity index is 1.84. The lowest BCUT2D eigenvalue weighted by Crippen LogP contribution is -2.13. The first-order chi connectivity index (χ1) is 11.6. The van der Waals surface area contributed by atoms with E-state index in [2.05, 4.69) is 10.4 Å². The second-order valence-electron chi connectivity index (χ2n) is 5.54. The molecule has 1 heterocycles. The second-order valence-corrected chi connectivity index (χ2v) is 5.54. The molecule has 24 heavy (non-hydrogen) atoms. The number of nitrogens with one attached hydrogen (secondary N) is 1. The minimum atomic E-state index is -0.226. The molecule has 5 heteroatoms. The maximum Gasteiger partial charge on any atom is 0.259 e. The molecule has 0 atom stereocenters. The topological polar surface area (TPSA) is 70.7 Å². The third kappa shape index (κ3) is 3.03. The molecular formula is C19H16N4O. The smallest absolute Gasteiger partial charge is 0.259 e. The first-order valence-corrected chi connectivity index (χ1v) is 7.51. The van der Waals surface area contributed by atoms with Gasteiger partial charge in [-0.15, -0.1) is 0 Å². The molecular weight excluding hydrogens is 300 g/mol. The molecule has 0 bridgehead atoms. The maximum absolute atomic E-state index is 12.5. The minimum Gasteiger partial charge on any atom is -0.322 e. The Hall–Kier alpha value is -3.39. The lowest BCUT2D eigenvalue weighted by atomic mass is 10.2. The molecule has 3 aromatic rings. The number of aryl methyl sites for hydroxylation is 1. The fourth-order valence-corrected chi connectivity index (χ4v) is 2.48. The summed E-state index contributed by atoms with van der Waals surface area (Å²) in [6, 6.07) is 16.7. The quantitative estimate of drug-likeness (QED) is 0.802. The van der Waals surface area contributed by atoms with E-state index in [4.69, 9.17) is 5.26 Å². The Morgan fingerprint density at radius 2 is 1.92 bits per heavy atom. The zero-order valence-corrected chi connectivity index (χ0v) is 13.4. The number of carbonyl (C=O) groups is 1. The van der Waals surface area contributed by atoms with Crippen molar-refractivity contribution in [3.05, 3.63) is 77.1 Å². The van der Waals surface area contributed by atoms with Crippen molar-refractivity contribution >= 4 is 11.6 Å². The van der Waals surface area contributed by atoms with Crippen LogP contribution in [0.1, 0.15) is 27.2 Å². The van der Waals surface area contributed by atoms with E-state index in [1.807, 2.05) is 44.2 Å². The largest absolute Gasteiger partial charge is 0.322 e. The predicted molar refractivity (Wildman–Crippen MR) is 92.1 cm³/mol. The summed E-state index contributed by atoms with van der Waals surface area (Å²) in [5, 5.41) is 16.0. The average molecular weight is 316 g/mol. The monoisotopic (exact) mass is 316 g/mol. The van der Waals surface area contributed by atoms with Gasteiger partial charge in [-0.2, -0.15) is 10.4 Å². The normalized spacial score (nSPS) is 10.2. The summed E-state index contributed by atoms with van der Waals surface area (Å²) in [7, 11) is 0. The number of carbonyl (C=O) groups excluding carboxylic acids is 1. The first-order valence-electron chi connectivity index (χ1n) is 7.51. The van der Waals surface area contributed by atoms with E-state index >= 15 is 0 Å². The lowest BCUT2D eigenvalue weighted by Gasteiger charge is -2.07. The van der Waals surface area contributed by atoms with Crippen molar-refractivity contribution in [2.45, 2.75) is 13.8 Å². The molecule has 118 valence electrons. The molecule has 0 radical (unpaired) electrons. The van der Waals surface area contributed by atoms with Gasteiger partial charge in [0, 0.05) is 5.69 Å². The van der Waals surface area contributed by atoms with E-state index < -0.39 is 0 Å². The number of hydrogen-bond donors (Lipinski definition) is 1. The lowest BCUT2D eigenvalue weighted by molar-refractivity contribution is 0.102. The van der Waals surface area contributed by atoms with Crippen LogP contribution >= 0.6 is 0 Å². The van der Waals surface area contributed by atoms with Crippen molar-refractivity contribution in [3.63, 3.8) is 0 Å². The Morgan fingerprint density at radius 3 is 2.58 bits per heavy atom. The van der Waals surface area contributed by atoms with Gasteiger partial charge < -0.3 is 5.32 Å². The van der Waals surface area contributed by atoms with Crippen molar-refractivity contribution in [2.75, 3.05) is 5.32 Å². The van der Waals surface area contributed by atoms with Crippen LogP contribution in [-0.2, 0) is 0 Å². The highest BCUT2D eigenvalue weighted by Gasteiger charge is 2.15. The zero-order valence-electron chi connectivity index (χ0n) is 13.4. The van der Waals surface area contributed by atoms with Crippen molar-refractivity contribution in [1.82, 2.24) is 9.78 Å². The van der Waals surface area contributed by atoms with Crippen molar-refractivity contribution < 1.29 is 4.79 Å². The molecule has 0 unspecified atom stereocenters. The van der Waals surface area contributed by atoms with Gasteiger partial charge in [-0.25, -0.2) is 4.68 Å². The van der Waals surface area contributed by atoms with Gasteiger partial charge >= 0.3 is 0 Å². The highest BCUT2D eigenvalue weighted by atomic mass is 16.1. The van der Waals surface area contributed by atoms with Crippen LogP contribution in [0, 0.1) is 25.2 Å². The minimum absolute atomic E-state index is 0.226. The van der Waals surface area contributed by atoms with Crippen molar-refractivity contribution in [3.8, 4) is 11.8 Å². The predicted octanol–water partition coefficient (Wildman–Crippen LogP) is 3.61. The summed E-state index contributed by atoms with van der Waals surface area (Å²) in [4.78, 5) is 12.5. The average Bonchev–Trinajstić information content (AvgIpc) is 2.97. The van der Waals surface area contributed by atoms with Gasteiger partial charge in [-0.05, 0) is 55.8 Å². The van der Waals surface area contributed by atoms with E-state index in [-0.39, 0.29) is 5.91 Å². The van der Waals surface area contributed by atoms with Crippen LogP contribution < -0.4 is 5.32 Å². The molecule has 0 saturated carbocycles. The van der Waals surface area contributed by atoms with Crippen LogP contribution in [-0.4, -0.2) is 15.7 Å². The Morgan fingerprint density at radius 1 is 1.17 bits per heavy atom. The third-order valence-corrected chi connectivity index (χ3v) is 3.77. The van der Waals surface area contributed by atoms with Gasteiger partial charge in [-0.1, -0.05) is 12.1 Å². The fourth-order valence-electron chi connectivity index (χ4n) is 2.48. The molecule has 0 aliphatic heterocycles. The first kappa shape index (κ1) is 15.5. The molecule has 1 amide bonds. The summed E-state index contributed by atoms with van der Waals surface area (Å²) in [5.74, 6) is -0.226. The van der Waals surface area contributed by atoms with Gasteiger partial charge in [-0.3, -0.25) is 4.79 Å². The number of nitrogens with zero attached hydrogens (tertiary/aromatic N) is 3. The van der Waals surface area contributed by atoms with Crippen molar-refractivity contribution in [1.29, 1.82) is 5.26 Å². The molecule has 0 saturated heterocycles. The number of nitriles is 1. The summed E-state index contributed by atoms with van der Waals surface area (Å²) >= 11 is 0. The summed E-state index contributed by atoms with van der Waals surface area (Å²) in [6.45, 7) is 3.88. The summed E-state index contributed by atoms with van der Waals surface area (Å²) in [6.07, 6.45) is 1.57. The molecule has 0 spiro atoms. The molecule has 0 fully saturated rings. The number of anilines is 1. The summed E-state index contributed by atoms with van der Waals surface area (Å²) < 4.78 is 1.75. The standard InChI is InChI=1S/C19H16N4O/c1-13-4-3-5-17(10-13)23-14(2)18(12-21-23)19(24)22-16-8-6-15(11-20)7-9-16/h3-10,12H,1-2H3,(H,22,24). The fraction of sp³-hybridized carbons (Fsp3) is 0.105. The molecule has 2 aromatic carbocycles.